The molecule has 1 amide bonds. The zero-order valence-electron chi connectivity index (χ0n) is 17.1. The van der Waals surface area contributed by atoms with Crippen molar-refractivity contribution >= 4 is 35.0 Å². The molecule has 0 aliphatic rings. The van der Waals surface area contributed by atoms with Crippen LogP contribution in [0.15, 0.2) is 78.2 Å². The van der Waals surface area contributed by atoms with Gasteiger partial charge >= 0.3 is 0 Å². The van der Waals surface area contributed by atoms with Crippen LogP contribution in [0.4, 0.5) is 10.1 Å². The van der Waals surface area contributed by atoms with Crippen molar-refractivity contribution in [3.05, 3.63) is 89.5 Å². The zero-order valence-corrected chi connectivity index (χ0v) is 18.6. The van der Waals surface area contributed by atoms with E-state index in [1.165, 1.54) is 23.9 Å². The van der Waals surface area contributed by atoms with E-state index in [0.29, 0.717) is 23.2 Å². The molecule has 0 saturated carbocycles. The van der Waals surface area contributed by atoms with Gasteiger partial charge in [-0.25, -0.2) is 4.39 Å². The number of halogens is 2. The second-order valence-electron chi connectivity index (χ2n) is 6.99. The molecule has 162 valence electrons. The number of thioether (sulfide) groups is 1. The molecule has 0 radical (unpaired) electrons. The van der Waals surface area contributed by atoms with Crippen LogP contribution >= 0.6 is 23.4 Å². The Morgan fingerprint density at radius 2 is 1.88 bits per heavy atom. The third kappa shape index (κ3) is 5.15. The number of nitrogens with one attached hydrogen (secondary N) is 1. The Hall–Kier alpha value is -3.23. The van der Waals surface area contributed by atoms with Gasteiger partial charge in [0.25, 0.3) is 0 Å². The van der Waals surface area contributed by atoms with Crippen LogP contribution in [0.5, 0.6) is 0 Å². The standard InChI is InChI=1S/C23H19ClFN5OS/c1-15(22(31)27-20-8-7-18(25)13-19(20)24)32-23-29-28-21(17-9-11-26-12-10-17)30(23)14-16-5-3-2-4-6-16/h2-13,15H,14H2,1H3,(H,27,31). The zero-order chi connectivity index (χ0) is 22.5. The Labute approximate surface area is 193 Å². The first-order chi connectivity index (χ1) is 15.5. The Kier molecular flexibility index (Phi) is 6.82. The van der Waals surface area contributed by atoms with Gasteiger partial charge in [-0.15, -0.1) is 10.2 Å². The van der Waals surface area contributed by atoms with Crippen molar-refractivity contribution in [1.29, 1.82) is 0 Å². The van der Waals surface area contributed by atoms with Crippen molar-refractivity contribution in [2.24, 2.45) is 0 Å². The highest BCUT2D eigenvalue weighted by Crippen LogP contribution is 2.29. The molecular weight excluding hydrogens is 449 g/mol. The molecule has 2 aromatic heterocycles. The van der Waals surface area contributed by atoms with Crippen LogP contribution in [0.2, 0.25) is 5.02 Å². The molecular formula is C23H19ClFN5OS. The van der Waals surface area contributed by atoms with Crippen LogP contribution in [0.1, 0.15) is 12.5 Å². The van der Waals surface area contributed by atoms with Crippen LogP contribution < -0.4 is 5.32 Å². The molecule has 9 heteroatoms. The maximum Gasteiger partial charge on any atom is 0.237 e. The molecule has 0 fully saturated rings. The number of pyridine rings is 1. The third-order valence-corrected chi connectivity index (χ3v) is 6.07. The molecule has 0 saturated heterocycles. The molecule has 4 aromatic rings. The minimum atomic E-state index is -0.500. The second-order valence-corrected chi connectivity index (χ2v) is 8.70. The average molecular weight is 468 g/mol. The van der Waals surface area contributed by atoms with Gasteiger partial charge in [-0.2, -0.15) is 0 Å². The van der Waals surface area contributed by atoms with Crippen molar-refractivity contribution in [3.63, 3.8) is 0 Å². The summed E-state index contributed by atoms with van der Waals surface area (Å²) in [6.45, 7) is 2.32. The van der Waals surface area contributed by atoms with Gasteiger partial charge in [-0.1, -0.05) is 53.7 Å². The maximum absolute atomic E-state index is 13.3. The lowest BCUT2D eigenvalue weighted by Gasteiger charge is -2.14. The molecule has 4 rings (SSSR count). The Morgan fingerprint density at radius 1 is 1.12 bits per heavy atom. The minimum Gasteiger partial charge on any atom is -0.324 e. The predicted molar refractivity (Wildman–Crippen MR) is 124 cm³/mol. The number of rotatable bonds is 7. The second kappa shape index (κ2) is 9.93. The van der Waals surface area contributed by atoms with Gasteiger partial charge in [0, 0.05) is 18.0 Å². The highest BCUT2D eigenvalue weighted by molar-refractivity contribution is 8.00. The van der Waals surface area contributed by atoms with Crippen molar-refractivity contribution in [2.75, 3.05) is 5.32 Å². The Bertz CT molecular complexity index is 1220. The molecule has 6 nitrogen and oxygen atoms in total. The van der Waals surface area contributed by atoms with Gasteiger partial charge < -0.3 is 5.32 Å². The topological polar surface area (TPSA) is 72.7 Å². The molecule has 2 aromatic carbocycles. The maximum atomic E-state index is 13.3. The summed E-state index contributed by atoms with van der Waals surface area (Å²) in [6.07, 6.45) is 3.40. The van der Waals surface area contributed by atoms with Crippen molar-refractivity contribution in [2.45, 2.75) is 23.9 Å². The van der Waals surface area contributed by atoms with E-state index in [9.17, 15) is 9.18 Å². The molecule has 0 spiro atoms. The molecule has 32 heavy (non-hydrogen) atoms. The first kappa shape index (κ1) is 22.0. The number of amides is 1. The highest BCUT2D eigenvalue weighted by Gasteiger charge is 2.22. The number of nitrogens with zero attached hydrogens (tertiary/aromatic N) is 4. The summed E-state index contributed by atoms with van der Waals surface area (Å²) in [4.78, 5) is 16.8. The van der Waals surface area contributed by atoms with Gasteiger partial charge in [0.2, 0.25) is 5.91 Å². The molecule has 2 heterocycles. The monoisotopic (exact) mass is 467 g/mol. The summed E-state index contributed by atoms with van der Waals surface area (Å²) in [5.41, 5.74) is 2.32. The molecule has 1 atom stereocenters. The van der Waals surface area contributed by atoms with Gasteiger partial charge in [-0.05, 0) is 42.8 Å². The number of benzene rings is 2. The summed E-state index contributed by atoms with van der Waals surface area (Å²) in [5.74, 6) is -0.0516. The largest absolute Gasteiger partial charge is 0.324 e. The van der Waals surface area contributed by atoms with Crippen LogP contribution in [-0.4, -0.2) is 30.9 Å². The Morgan fingerprint density at radius 3 is 2.59 bits per heavy atom. The smallest absolute Gasteiger partial charge is 0.237 e. The van der Waals surface area contributed by atoms with Gasteiger partial charge in [-0.3, -0.25) is 14.3 Å². The first-order valence-electron chi connectivity index (χ1n) is 9.81. The molecule has 0 aliphatic carbocycles. The highest BCUT2D eigenvalue weighted by atomic mass is 35.5. The molecule has 0 bridgehead atoms. The quantitative estimate of drug-likeness (QED) is 0.373. The number of aromatic nitrogens is 4. The van der Waals surface area contributed by atoms with E-state index in [0.717, 1.165) is 17.2 Å². The fourth-order valence-electron chi connectivity index (χ4n) is 3.04. The van der Waals surface area contributed by atoms with Crippen LogP contribution in [-0.2, 0) is 11.3 Å². The van der Waals surface area contributed by atoms with Crippen molar-refractivity contribution in [3.8, 4) is 11.4 Å². The fraction of sp³-hybridized carbons (Fsp3) is 0.130. The number of carbonyl (C=O) groups is 1. The lowest BCUT2D eigenvalue weighted by Crippen LogP contribution is -2.23. The van der Waals surface area contributed by atoms with E-state index in [2.05, 4.69) is 20.5 Å². The summed E-state index contributed by atoms with van der Waals surface area (Å²) in [5, 5.41) is 11.7. The van der Waals surface area contributed by atoms with Gasteiger partial charge in [0.05, 0.1) is 22.5 Å². The van der Waals surface area contributed by atoms with E-state index in [-0.39, 0.29) is 10.9 Å². The van der Waals surface area contributed by atoms with E-state index >= 15 is 0 Å². The van der Waals surface area contributed by atoms with E-state index < -0.39 is 11.1 Å². The lowest BCUT2D eigenvalue weighted by molar-refractivity contribution is -0.115. The fourth-order valence-corrected chi connectivity index (χ4v) is 4.10. The number of carbonyl (C=O) groups excluding carboxylic acids is 1. The molecule has 1 N–H and O–H groups in total. The number of hydrogen-bond acceptors (Lipinski definition) is 5. The van der Waals surface area contributed by atoms with Crippen LogP contribution in [0, 0.1) is 5.82 Å². The minimum absolute atomic E-state index is 0.141. The van der Waals surface area contributed by atoms with E-state index in [1.54, 1.807) is 19.3 Å². The molecule has 0 aliphatic heterocycles. The first-order valence-corrected chi connectivity index (χ1v) is 11.1. The predicted octanol–water partition coefficient (Wildman–Crippen LogP) is 5.30. The van der Waals surface area contributed by atoms with Crippen molar-refractivity contribution in [1.82, 2.24) is 19.7 Å². The summed E-state index contributed by atoms with van der Waals surface area (Å²) in [6, 6.07) is 17.5. The SMILES string of the molecule is CC(Sc1nnc(-c2ccncc2)n1Cc1ccccc1)C(=O)Nc1ccc(F)cc1Cl. The average Bonchev–Trinajstić information content (AvgIpc) is 3.18. The third-order valence-electron chi connectivity index (χ3n) is 4.68. The summed E-state index contributed by atoms with van der Waals surface area (Å²) in [7, 11) is 0. The van der Waals surface area contributed by atoms with Crippen LogP contribution in [0.3, 0.4) is 0 Å². The van der Waals surface area contributed by atoms with Crippen molar-refractivity contribution < 1.29 is 9.18 Å². The molecule has 1 unspecified atom stereocenters. The van der Waals surface area contributed by atoms with E-state index in [1.807, 2.05) is 47.0 Å². The number of hydrogen-bond donors (Lipinski definition) is 1. The van der Waals surface area contributed by atoms with Crippen LogP contribution in [0.25, 0.3) is 11.4 Å². The van der Waals surface area contributed by atoms with E-state index in [4.69, 9.17) is 11.6 Å². The lowest BCUT2D eigenvalue weighted by atomic mass is 10.2. The summed E-state index contributed by atoms with van der Waals surface area (Å²) >= 11 is 7.32. The summed E-state index contributed by atoms with van der Waals surface area (Å²) < 4.78 is 15.2. The van der Waals surface area contributed by atoms with Gasteiger partial charge in [0.1, 0.15) is 5.82 Å². The Balaban J connectivity index is 1.58. The number of anilines is 1. The van der Waals surface area contributed by atoms with Gasteiger partial charge in [0.15, 0.2) is 11.0 Å². The normalized spacial score (nSPS) is 11.8.